The number of halogens is 2. The quantitative estimate of drug-likeness (QED) is 0.548. The van der Waals surface area contributed by atoms with E-state index in [-0.39, 0.29) is 12.1 Å². The van der Waals surface area contributed by atoms with Gasteiger partial charge in [-0.15, -0.1) is 10.2 Å². The molecule has 1 aromatic carbocycles. The van der Waals surface area contributed by atoms with Gasteiger partial charge in [0.1, 0.15) is 17.5 Å². The van der Waals surface area contributed by atoms with E-state index >= 15 is 0 Å². The highest BCUT2D eigenvalue weighted by atomic mass is 19.1. The summed E-state index contributed by atoms with van der Waals surface area (Å²) in [5.41, 5.74) is 1.04. The molecule has 0 aliphatic heterocycles. The van der Waals surface area contributed by atoms with Gasteiger partial charge in [-0.05, 0) is 30.3 Å². The Morgan fingerprint density at radius 3 is 2.88 bits per heavy atom. The van der Waals surface area contributed by atoms with Gasteiger partial charge in [0.2, 0.25) is 0 Å². The molecule has 0 radical (unpaired) electrons. The van der Waals surface area contributed by atoms with Gasteiger partial charge >= 0.3 is 0 Å². The number of aliphatic imine (C=N–C) groups is 1. The Hall–Kier alpha value is -3.03. The molecule has 8 heteroatoms. The number of guanidine groups is 1. The summed E-state index contributed by atoms with van der Waals surface area (Å²) >= 11 is 0. The van der Waals surface area contributed by atoms with Crippen molar-refractivity contribution < 1.29 is 8.78 Å². The van der Waals surface area contributed by atoms with Crippen molar-refractivity contribution >= 4 is 11.6 Å². The molecule has 130 valence electrons. The first-order valence-corrected chi connectivity index (χ1v) is 7.84. The number of hydrogen-bond donors (Lipinski definition) is 2. The predicted molar refractivity (Wildman–Crippen MR) is 91.3 cm³/mol. The smallest absolute Gasteiger partial charge is 0.191 e. The Bertz CT molecular complexity index is 890. The molecule has 0 aliphatic rings. The summed E-state index contributed by atoms with van der Waals surface area (Å²) in [5, 5.41) is 14.3. The molecule has 0 bridgehead atoms. The number of benzene rings is 1. The Kier molecular flexibility index (Phi) is 5.17. The van der Waals surface area contributed by atoms with Gasteiger partial charge in [0.25, 0.3) is 0 Å². The maximum Gasteiger partial charge on any atom is 0.191 e. The Balaban J connectivity index is 1.53. The molecule has 0 aliphatic carbocycles. The fourth-order valence-corrected chi connectivity index (χ4v) is 2.43. The van der Waals surface area contributed by atoms with Crippen LogP contribution in [0.1, 0.15) is 11.4 Å². The molecule has 6 nitrogen and oxygen atoms in total. The van der Waals surface area contributed by atoms with Crippen molar-refractivity contribution in [3.8, 4) is 0 Å². The lowest BCUT2D eigenvalue weighted by atomic mass is 10.2. The molecule has 0 amide bonds. The van der Waals surface area contributed by atoms with Crippen LogP contribution in [-0.2, 0) is 13.0 Å². The monoisotopic (exact) mass is 344 g/mol. The van der Waals surface area contributed by atoms with Gasteiger partial charge in [0.15, 0.2) is 11.6 Å². The predicted octanol–water partition coefficient (Wildman–Crippen LogP) is 1.92. The number of fused-ring (bicyclic) bond motifs is 1. The first-order valence-electron chi connectivity index (χ1n) is 7.84. The first-order chi connectivity index (χ1) is 12.2. The van der Waals surface area contributed by atoms with Gasteiger partial charge in [-0.2, -0.15) is 0 Å². The average Bonchev–Trinajstić information content (AvgIpc) is 3.04. The van der Waals surface area contributed by atoms with Crippen molar-refractivity contribution in [1.29, 1.82) is 0 Å². The SMILES string of the molecule is CN=C(NCCc1nnc2ccccn12)NCc1cc(F)ccc1F. The number of nitrogens with one attached hydrogen (secondary N) is 2. The van der Waals surface area contributed by atoms with Crippen LogP contribution in [0.5, 0.6) is 0 Å². The Morgan fingerprint density at radius 1 is 1.16 bits per heavy atom. The minimum absolute atomic E-state index is 0.136. The minimum Gasteiger partial charge on any atom is -0.356 e. The number of nitrogens with zero attached hydrogens (tertiary/aromatic N) is 4. The summed E-state index contributed by atoms with van der Waals surface area (Å²) in [6.07, 6.45) is 2.55. The van der Waals surface area contributed by atoms with Crippen molar-refractivity contribution in [3.63, 3.8) is 0 Å². The molecule has 3 aromatic rings. The third kappa shape index (κ3) is 4.09. The molecule has 25 heavy (non-hydrogen) atoms. The van der Waals surface area contributed by atoms with Crippen LogP contribution < -0.4 is 10.6 Å². The van der Waals surface area contributed by atoms with E-state index in [9.17, 15) is 8.78 Å². The van der Waals surface area contributed by atoms with Crippen molar-refractivity contribution in [1.82, 2.24) is 25.2 Å². The zero-order chi connectivity index (χ0) is 17.6. The lowest BCUT2D eigenvalue weighted by Crippen LogP contribution is -2.38. The van der Waals surface area contributed by atoms with Crippen LogP contribution in [0.3, 0.4) is 0 Å². The average molecular weight is 344 g/mol. The summed E-state index contributed by atoms with van der Waals surface area (Å²) in [4.78, 5) is 4.07. The van der Waals surface area contributed by atoms with E-state index in [4.69, 9.17) is 0 Å². The van der Waals surface area contributed by atoms with Crippen molar-refractivity contribution in [2.24, 2.45) is 4.99 Å². The summed E-state index contributed by atoms with van der Waals surface area (Å²) < 4.78 is 28.7. The van der Waals surface area contributed by atoms with Crippen molar-refractivity contribution in [2.45, 2.75) is 13.0 Å². The Labute approximate surface area is 143 Å². The molecule has 2 N–H and O–H groups in total. The van der Waals surface area contributed by atoms with E-state index in [0.717, 1.165) is 29.7 Å². The summed E-state index contributed by atoms with van der Waals surface area (Å²) in [7, 11) is 1.61. The highest BCUT2D eigenvalue weighted by Gasteiger charge is 2.07. The van der Waals surface area contributed by atoms with E-state index in [2.05, 4.69) is 25.8 Å². The van der Waals surface area contributed by atoms with Crippen LogP contribution in [0.15, 0.2) is 47.6 Å². The second-order valence-corrected chi connectivity index (χ2v) is 5.38. The van der Waals surface area contributed by atoms with E-state index < -0.39 is 11.6 Å². The maximum absolute atomic E-state index is 13.6. The molecule has 0 saturated heterocycles. The lowest BCUT2D eigenvalue weighted by Gasteiger charge is -2.12. The number of rotatable bonds is 5. The van der Waals surface area contributed by atoms with Crippen LogP contribution >= 0.6 is 0 Å². The van der Waals surface area contributed by atoms with Gasteiger partial charge in [-0.1, -0.05) is 6.07 Å². The minimum atomic E-state index is -0.472. The fourth-order valence-electron chi connectivity index (χ4n) is 2.43. The van der Waals surface area contributed by atoms with Crippen LogP contribution in [-0.4, -0.2) is 34.2 Å². The lowest BCUT2D eigenvalue weighted by molar-refractivity contribution is 0.581. The molecule has 2 aromatic heterocycles. The largest absolute Gasteiger partial charge is 0.356 e. The molecule has 0 fully saturated rings. The first kappa shape index (κ1) is 16.8. The second-order valence-electron chi connectivity index (χ2n) is 5.38. The topological polar surface area (TPSA) is 66.6 Å². The van der Waals surface area contributed by atoms with E-state index in [1.807, 2.05) is 28.8 Å². The molecule has 3 rings (SSSR count). The Morgan fingerprint density at radius 2 is 2.04 bits per heavy atom. The molecule has 0 spiro atoms. The van der Waals surface area contributed by atoms with Crippen molar-refractivity contribution in [3.05, 3.63) is 65.6 Å². The zero-order valence-corrected chi connectivity index (χ0v) is 13.7. The fraction of sp³-hybridized carbons (Fsp3) is 0.235. The number of aromatic nitrogens is 3. The molecule has 0 unspecified atom stereocenters. The van der Waals surface area contributed by atoms with Gasteiger partial charge < -0.3 is 10.6 Å². The molecular formula is C17H18F2N6. The third-order valence-corrected chi connectivity index (χ3v) is 3.70. The summed E-state index contributed by atoms with van der Waals surface area (Å²) in [5.74, 6) is 0.395. The second kappa shape index (κ2) is 7.69. The van der Waals surface area contributed by atoms with Gasteiger partial charge in [0, 0.05) is 38.3 Å². The molecular weight excluding hydrogens is 326 g/mol. The maximum atomic E-state index is 13.6. The molecule has 0 saturated carbocycles. The highest BCUT2D eigenvalue weighted by molar-refractivity contribution is 5.79. The van der Waals surface area contributed by atoms with E-state index in [1.165, 1.54) is 0 Å². The van der Waals surface area contributed by atoms with Crippen LogP contribution in [0, 0.1) is 11.6 Å². The summed E-state index contributed by atoms with van der Waals surface area (Å²) in [6, 6.07) is 9.08. The van der Waals surface area contributed by atoms with Gasteiger partial charge in [0.05, 0.1) is 0 Å². The van der Waals surface area contributed by atoms with Gasteiger partial charge in [-0.25, -0.2) is 8.78 Å². The number of hydrogen-bond acceptors (Lipinski definition) is 3. The normalized spacial score (nSPS) is 11.7. The highest BCUT2D eigenvalue weighted by Crippen LogP contribution is 2.09. The standard InChI is InChI=1S/C17H18F2N6/c1-20-17(22-11-12-10-13(18)5-6-14(12)19)21-8-7-16-24-23-15-4-2-3-9-25(15)16/h2-6,9-10H,7-8,11H2,1H3,(H2,20,21,22). The zero-order valence-electron chi connectivity index (χ0n) is 13.7. The molecule has 0 atom stereocenters. The summed E-state index contributed by atoms with van der Waals surface area (Å²) in [6.45, 7) is 0.706. The van der Waals surface area contributed by atoms with Crippen LogP contribution in [0.25, 0.3) is 5.65 Å². The third-order valence-electron chi connectivity index (χ3n) is 3.70. The van der Waals surface area contributed by atoms with Gasteiger partial charge in [-0.3, -0.25) is 9.39 Å². The van der Waals surface area contributed by atoms with E-state index in [0.29, 0.717) is 18.9 Å². The number of pyridine rings is 1. The van der Waals surface area contributed by atoms with Crippen LogP contribution in [0.4, 0.5) is 8.78 Å². The molecule has 2 heterocycles. The van der Waals surface area contributed by atoms with Crippen LogP contribution in [0.2, 0.25) is 0 Å². The van der Waals surface area contributed by atoms with E-state index in [1.54, 1.807) is 7.05 Å². The van der Waals surface area contributed by atoms with Crippen molar-refractivity contribution in [2.75, 3.05) is 13.6 Å².